The minimum atomic E-state index is -0.668. The fourth-order valence-electron chi connectivity index (χ4n) is 2.21. The molecule has 1 N–H and O–H groups in total. The Hall–Kier alpha value is -2.37. The van der Waals surface area contributed by atoms with E-state index in [0.29, 0.717) is 6.61 Å². The first-order valence-corrected chi connectivity index (χ1v) is 6.96. The summed E-state index contributed by atoms with van der Waals surface area (Å²) in [5, 5.41) is 29.4. The fourth-order valence-corrected chi connectivity index (χ4v) is 2.21. The Balaban J connectivity index is 1.90. The van der Waals surface area contributed by atoms with E-state index in [4.69, 9.17) is 14.7 Å². The largest absolute Gasteiger partial charge is 0.504 e. The van der Waals surface area contributed by atoms with Gasteiger partial charge in [0, 0.05) is 25.7 Å². The Bertz CT molecular complexity index is 579. The van der Waals surface area contributed by atoms with Crippen LogP contribution in [0.4, 0.5) is 5.69 Å². The molecule has 0 atom stereocenters. The summed E-state index contributed by atoms with van der Waals surface area (Å²) in [5.74, 6) is -0.249. The van der Waals surface area contributed by atoms with Gasteiger partial charge < -0.3 is 14.6 Å². The quantitative estimate of drug-likeness (QED) is 0.479. The molecule has 1 saturated heterocycles. The number of phenols is 1. The van der Waals surface area contributed by atoms with Gasteiger partial charge in [0.2, 0.25) is 0 Å². The number of rotatable bonds is 6. The molecule has 1 aromatic rings. The molecule has 22 heavy (non-hydrogen) atoms. The highest BCUT2D eigenvalue weighted by atomic mass is 16.6. The molecule has 8 nitrogen and oxygen atoms in total. The Labute approximate surface area is 127 Å². The highest BCUT2D eigenvalue weighted by molar-refractivity contribution is 5.58. The standard InChI is InChI=1S/C14H17N3O5/c15-10-11-8-13(18)14(9-12(11)17(19)20)22-5-1-2-16-3-6-21-7-4-16/h8-9,18H,1-7H2. The lowest BCUT2D eigenvalue weighted by Crippen LogP contribution is -2.37. The first-order valence-electron chi connectivity index (χ1n) is 6.96. The summed E-state index contributed by atoms with van der Waals surface area (Å²) in [6.07, 6.45) is 0.729. The third-order valence-corrected chi connectivity index (χ3v) is 3.37. The van der Waals surface area contributed by atoms with E-state index in [0.717, 1.165) is 51.4 Å². The van der Waals surface area contributed by atoms with Crippen molar-refractivity contribution < 1.29 is 19.5 Å². The van der Waals surface area contributed by atoms with Gasteiger partial charge in [-0.05, 0) is 6.42 Å². The van der Waals surface area contributed by atoms with E-state index in [1.165, 1.54) is 0 Å². The van der Waals surface area contributed by atoms with E-state index >= 15 is 0 Å². The van der Waals surface area contributed by atoms with Crippen LogP contribution in [-0.4, -0.2) is 54.4 Å². The molecule has 1 aromatic carbocycles. The van der Waals surface area contributed by atoms with Crippen molar-refractivity contribution in [3.63, 3.8) is 0 Å². The number of ether oxygens (including phenoxy) is 2. The van der Waals surface area contributed by atoms with E-state index < -0.39 is 4.92 Å². The van der Waals surface area contributed by atoms with Crippen LogP contribution < -0.4 is 4.74 Å². The van der Waals surface area contributed by atoms with Gasteiger partial charge in [-0.1, -0.05) is 0 Å². The number of nitro benzene ring substituents is 1. The molecule has 0 amide bonds. The predicted molar refractivity (Wildman–Crippen MR) is 76.8 cm³/mol. The number of aromatic hydroxyl groups is 1. The van der Waals surface area contributed by atoms with Gasteiger partial charge in [0.05, 0.1) is 30.8 Å². The molecule has 1 aliphatic rings. The van der Waals surface area contributed by atoms with Crippen LogP contribution in [0, 0.1) is 21.4 Å². The number of morpholine rings is 1. The first kappa shape index (κ1) is 16.0. The molecule has 0 bridgehead atoms. The summed E-state index contributed by atoms with van der Waals surface area (Å²) >= 11 is 0. The average molecular weight is 307 g/mol. The molecule has 0 unspecified atom stereocenters. The Morgan fingerprint density at radius 1 is 1.45 bits per heavy atom. The number of nitriles is 1. The number of benzene rings is 1. The van der Waals surface area contributed by atoms with Crippen molar-refractivity contribution in [3.8, 4) is 17.6 Å². The molecular formula is C14H17N3O5. The SMILES string of the molecule is N#Cc1cc(O)c(OCCCN2CCOCC2)cc1[N+](=O)[O-]. The van der Waals surface area contributed by atoms with E-state index in [1.54, 1.807) is 6.07 Å². The van der Waals surface area contributed by atoms with Crippen molar-refractivity contribution in [2.24, 2.45) is 0 Å². The molecule has 0 saturated carbocycles. The summed E-state index contributed by atoms with van der Waals surface area (Å²) in [6, 6.07) is 3.82. The van der Waals surface area contributed by atoms with Crippen molar-refractivity contribution in [2.45, 2.75) is 6.42 Å². The molecule has 0 radical (unpaired) electrons. The number of hydrogen-bond acceptors (Lipinski definition) is 7. The molecule has 1 heterocycles. The van der Waals surface area contributed by atoms with Crippen LogP contribution in [0.1, 0.15) is 12.0 Å². The second kappa shape index (κ2) is 7.59. The molecule has 0 aliphatic carbocycles. The number of nitrogens with zero attached hydrogens (tertiary/aromatic N) is 3. The lowest BCUT2D eigenvalue weighted by molar-refractivity contribution is -0.385. The Morgan fingerprint density at radius 2 is 2.18 bits per heavy atom. The van der Waals surface area contributed by atoms with Gasteiger partial charge in [-0.25, -0.2) is 0 Å². The minimum absolute atomic E-state index is 0.0210. The maximum Gasteiger partial charge on any atom is 0.291 e. The van der Waals surface area contributed by atoms with E-state index in [2.05, 4.69) is 4.90 Å². The summed E-state index contributed by atoms with van der Waals surface area (Å²) in [7, 11) is 0. The third-order valence-electron chi connectivity index (χ3n) is 3.37. The average Bonchev–Trinajstić information content (AvgIpc) is 2.53. The zero-order valence-corrected chi connectivity index (χ0v) is 12.0. The number of hydrogen-bond donors (Lipinski definition) is 1. The minimum Gasteiger partial charge on any atom is -0.504 e. The van der Waals surface area contributed by atoms with Crippen molar-refractivity contribution in [1.29, 1.82) is 5.26 Å². The Kier molecular flexibility index (Phi) is 5.52. The lowest BCUT2D eigenvalue weighted by atomic mass is 10.1. The summed E-state index contributed by atoms with van der Waals surface area (Å²) in [4.78, 5) is 12.5. The second-order valence-corrected chi connectivity index (χ2v) is 4.86. The van der Waals surface area contributed by atoms with Crippen LogP contribution in [0.25, 0.3) is 0 Å². The van der Waals surface area contributed by atoms with Gasteiger partial charge in [0.25, 0.3) is 5.69 Å². The first-order chi connectivity index (χ1) is 10.6. The van der Waals surface area contributed by atoms with Crippen molar-refractivity contribution in [2.75, 3.05) is 39.5 Å². The number of phenolic OH excluding ortho intramolecular Hbond substituents is 1. The van der Waals surface area contributed by atoms with Gasteiger partial charge in [0.15, 0.2) is 11.5 Å². The van der Waals surface area contributed by atoms with Gasteiger partial charge in [0.1, 0.15) is 11.6 Å². The summed E-state index contributed by atoms with van der Waals surface area (Å²) in [6.45, 7) is 4.38. The molecule has 1 aliphatic heterocycles. The van der Waals surface area contributed by atoms with Crippen LogP contribution in [-0.2, 0) is 4.74 Å². The molecular weight excluding hydrogens is 290 g/mol. The van der Waals surface area contributed by atoms with E-state index in [9.17, 15) is 15.2 Å². The monoisotopic (exact) mass is 307 g/mol. The normalized spacial score (nSPS) is 15.2. The summed E-state index contributed by atoms with van der Waals surface area (Å²) in [5.41, 5.74) is -0.563. The number of nitro groups is 1. The molecule has 118 valence electrons. The van der Waals surface area contributed by atoms with E-state index in [1.807, 2.05) is 0 Å². The van der Waals surface area contributed by atoms with Gasteiger partial charge in [-0.2, -0.15) is 5.26 Å². The highest BCUT2D eigenvalue weighted by Gasteiger charge is 2.19. The van der Waals surface area contributed by atoms with Gasteiger partial charge in [-0.15, -0.1) is 0 Å². The lowest BCUT2D eigenvalue weighted by Gasteiger charge is -2.26. The van der Waals surface area contributed by atoms with Crippen LogP contribution in [0.5, 0.6) is 11.5 Å². The zero-order valence-electron chi connectivity index (χ0n) is 12.0. The third kappa shape index (κ3) is 4.07. The Morgan fingerprint density at radius 3 is 2.82 bits per heavy atom. The van der Waals surface area contributed by atoms with Crippen LogP contribution >= 0.6 is 0 Å². The van der Waals surface area contributed by atoms with Gasteiger partial charge >= 0.3 is 0 Å². The molecule has 0 aromatic heterocycles. The summed E-state index contributed by atoms with van der Waals surface area (Å²) < 4.78 is 10.6. The topological polar surface area (TPSA) is 109 Å². The maximum atomic E-state index is 10.9. The van der Waals surface area contributed by atoms with Crippen LogP contribution in [0.2, 0.25) is 0 Å². The van der Waals surface area contributed by atoms with E-state index in [-0.39, 0.29) is 22.7 Å². The second-order valence-electron chi connectivity index (χ2n) is 4.86. The molecule has 1 fully saturated rings. The fraction of sp³-hybridized carbons (Fsp3) is 0.500. The van der Waals surface area contributed by atoms with Crippen molar-refractivity contribution in [3.05, 3.63) is 27.8 Å². The maximum absolute atomic E-state index is 10.9. The van der Waals surface area contributed by atoms with Crippen molar-refractivity contribution in [1.82, 2.24) is 4.90 Å². The zero-order chi connectivity index (χ0) is 15.9. The smallest absolute Gasteiger partial charge is 0.291 e. The van der Waals surface area contributed by atoms with Gasteiger partial charge in [-0.3, -0.25) is 15.0 Å². The molecule has 2 rings (SSSR count). The predicted octanol–water partition coefficient (Wildman–Crippen LogP) is 1.27. The van der Waals surface area contributed by atoms with Crippen molar-refractivity contribution >= 4 is 5.69 Å². The highest BCUT2D eigenvalue weighted by Crippen LogP contribution is 2.33. The van der Waals surface area contributed by atoms with Crippen LogP contribution in [0.15, 0.2) is 12.1 Å². The molecule has 0 spiro atoms. The van der Waals surface area contributed by atoms with Crippen LogP contribution in [0.3, 0.4) is 0 Å². The molecule has 8 heteroatoms.